The van der Waals surface area contributed by atoms with Crippen LogP contribution in [0, 0.1) is 5.92 Å². The zero-order valence-corrected chi connectivity index (χ0v) is 15.3. The summed E-state index contributed by atoms with van der Waals surface area (Å²) in [6, 6.07) is 15.9. The summed E-state index contributed by atoms with van der Waals surface area (Å²) in [4.78, 5) is 14.1. The van der Waals surface area contributed by atoms with Gasteiger partial charge < -0.3 is 5.73 Å². The monoisotopic (exact) mass is 344 g/mol. The molecule has 1 aromatic carbocycles. The fraction of sp³-hybridized carbons (Fsp3) is 0.227. The van der Waals surface area contributed by atoms with Gasteiger partial charge >= 0.3 is 0 Å². The van der Waals surface area contributed by atoms with Crippen molar-refractivity contribution in [1.29, 1.82) is 0 Å². The Morgan fingerprint density at radius 3 is 2.31 bits per heavy atom. The highest BCUT2D eigenvalue weighted by atomic mass is 14.8. The Hall–Kier alpha value is -2.85. The van der Waals surface area contributed by atoms with Crippen molar-refractivity contribution in [3.8, 4) is 0 Å². The van der Waals surface area contributed by atoms with Crippen LogP contribution < -0.4 is 5.73 Å². The molecule has 2 aromatic rings. The summed E-state index contributed by atoms with van der Waals surface area (Å²) in [7, 11) is 0. The molecule has 0 saturated carbocycles. The van der Waals surface area contributed by atoms with Crippen LogP contribution in [0.5, 0.6) is 0 Å². The van der Waals surface area contributed by atoms with Gasteiger partial charge in [-0.05, 0) is 63.1 Å². The van der Waals surface area contributed by atoms with E-state index in [-0.39, 0.29) is 0 Å². The predicted molar refractivity (Wildman–Crippen MR) is 109 cm³/mol. The molecule has 0 aliphatic heterocycles. The highest BCUT2D eigenvalue weighted by Crippen LogP contribution is 2.17. The maximum absolute atomic E-state index is 5.70. The highest BCUT2D eigenvalue weighted by Gasteiger charge is 2.08. The Bertz CT molecular complexity index is 876. The van der Waals surface area contributed by atoms with Crippen LogP contribution in [0.4, 0.5) is 5.69 Å². The molecule has 26 heavy (non-hydrogen) atoms. The molecule has 1 aliphatic carbocycles. The predicted octanol–water partition coefficient (Wildman–Crippen LogP) is 4.45. The lowest BCUT2D eigenvalue weighted by Crippen LogP contribution is -2.13. The molecule has 2 N–H and O–H groups in total. The Morgan fingerprint density at radius 1 is 1.00 bits per heavy atom. The molecule has 0 bridgehead atoms. The number of nitrogens with zero attached hydrogens (tertiary/aromatic N) is 3. The third-order valence-corrected chi connectivity index (χ3v) is 4.31. The number of aromatic nitrogens is 1. The molecule has 4 heteroatoms. The van der Waals surface area contributed by atoms with Gasteiger partial charge in [0.15, 0.2) is 0 Å². The van der Waals surface area contributed by atoms with Gasteiger partial charge in [0.1, 0.15) is 0 Å². The summed E-state index contributed by atoms with van der Waals surface area (Å²) in [6.07, 6.45) is 7.24. The average molecular weight is 344 g/mol. The molecular weight excluding hydrogens is 320 g/mol. The van der Waals surface area contributed by atoms with Crippen molar-refractivity contribution in [3.05, 3.63) is 83.8 Å². The number of benzene rings is 1. The van der Waals surface area contributed by atoms with Gasteiger partial charge in [0.25, 0.3) is 0 Å². The quantitative estimate of drug-likeness (QED) is 0.815. The van der Waals surface area contributed by atoms with Gasteiger partial charge in [-0.3, -0.25) is 9.98 Å². The van der Waals surface area contributed by atoms with E-state index < -0.39 is 0 Å². The molecule has 0 amide bonds. The van der Waals surface area contributed by atoms with Gasteiger partial charge in [0.05, 0.1) is 34.2 Å². The lowest BCUT2D eigenvalue weighted by Gasteiger charge is -2.12. The maximum Gasteiger partial charge on any atom is 0.0849 e. The van der Waals surface area contributed by atoms with E-state index >= 15 is 0 Å². The molecule has 4 nitrogen and oxygen atoms in total. The van der Waals surface area contributed by atoms with Gasteiger partial charge in [0, 0.05) is 0 Å². The van der Waals surface area contributed by atoms with Crippen molar-refractivity contribution in [3.63, 3.8) is 0 Å². The van der Waals surface area contributed by atoms with Crippen molar-refractivity contribution in [2.24, 2.45) is 21.6 Å². The average Bonchev–Trinajstić information content (AvgIpc) is 2.69. The number of pyridine rings is 1. The zero-order chi connectivity index (χ0) is 18.4. The molecule has 1 heterocycles. The smallest absolute Gasteiger partial charge is 0.0849 e. The molecule has 0 spiro atoms. The number of nitrogens with two attached hydrogens (primary N) is 1. The third-order valence-electron chi connectivity index (χ3n) is 4.31. The van der Waals surface area contributed by atoms with Crippen LogP contribution >= 0.6 is 0 Å². The lowest BCUT2D eigenvalue weighted by atomic mass is 10.00. The summed E-state index contributed by atoms with van der Waals surface area (Å²) in [5, 5.41) is 0. The molecular formula is C22H24N4. The summed E-state index contributed by atoms with van der Waals surface area (Å²) in [6.45, 7) is 4.64. The minimum atomic E-state index is 0.424. The molecule has 1 atom stereocenters. The molecule has 0 radical (unpaired) electrons. The van der Waals surface area contributed by atoms with E-state index in [4.69, 9.17) is 15.7 Å². The Labute approximate surface area is 154 Å². The van der Waals surface area contributed by atoms with Crippen molar-refractivity contribution < 1.29 is 0 Å². The first-order valence-electron chi connectivity index (χ1n) is 8.87. The molecule has 1 unspecified atom stereocenters. The van der Waals surface area contributed by atoms with Crippen molar-refractivity contribution >= 4 is 17.1 Å². The zero-order valence-electron chi connectivity index (χ0n) is 15.3. The van der Waals surface area contributed by atoms with Crippen LogP contribution in [0.15, 0.2) is 82.4 Å². The van der Waals surface area contributed by atoms with E-state index in [1.54, 1.807) is 0 Å². The van der Waals surface area contributed by atoms with Crippen LogP contribution in [0.3, 0.4) is 0 Å². The van der Waals surface area contributed by atoms with Crippen LogP contribution in [0.1, 0.15) is 31.7 Å². The number of para-hydroxylation sites is 1. The van der Waals surface area contributed by atoms with E-state index in [1.807, 2.05) is 68.5 Å². The molecule has 1 aliphatic rings. The SMILES string of the molecule is CC(=NC1=CCC(CN)C=C1)c1cccc(C(C)=Nc2ccccc2)n1. The van der Waals surface area contributed by atoms with E-state index in [1.165, 1.54) is 0 Å². The summed E-state index contributed by atoms with van der Waals surface area (Å²) in [5.74, 6) is 0.424. The van der Waals surface area contributed by atoms with Gasteiger partial charge in [-0.1, -0.05) is 36.4 Å². The second-order valence-electron chi connectivity index (χ2n) is 6.36. The standard InChI is InChI=1S/C22H24N4/c1-16(24-19-7-4-3-5-8-19)21-9-6-10-22(26-21)17(2)25-20-13-11-18(15-23)12-14-20/h3-11,13-14,18H,12,15,23H2,1-2H3. The number of aliphatic imine (C=N–C) groups is 2. The molecule has 0 saturated heterocycles. The second kappa shape index (κ2) is 8.50. The first kappa shape index (κ1) is 18.0. The first-order valence-corrected chi connectivity index (χ1v) is 8.87. The van der Waals surface area contributed by atoms with Gasteiger partial charge in [-0.15, -0.1) is 0 Å². The second-order valence-corrected chi connectivity index (χ2v) is 6.36. The molecule has 0 fully saturated rings. The fourth-order valence-corrected chi connectivity index (χ4v) is 2.75. The third kappa shape index (κ3) is 4.61. The van der Waals surface area contributed by atoms with E-state index in [0.717, 1.165) is 40.6 Å². The number of hydrogen-bond acceptors (Lipinski definition) is 4. The van der Waals surface area contributed by atoms with Crippen molar-refractivity contribution in [2.45, 2.75) is 20.3 Å². The van der Waals surface area contributed by atoms with Gasteiger partial charge in [0.2, 0.25) is 0 Å². The van der Waals surface area contributed by atoms with Crippen LogP contribution in [0.25, 0.3) is 0 Å². The maximum atomic E-state index is 5.70. The minimum absolute atomic E-state index is 0.424. The van der Waals surface area contributed by atoms with Gasteiger partial charge in [-0.25, -0.2) is 4.98 Å². The number of hydrogen-bond donors (Lipinski definition) is 1. The summed E-state index contributed by atoms with van der Waals surface area (Å²) < 4.78 is 0. The highest BCUT2D eigenvalue weighted by molar-refractivity contribution is 6.01. The van der Waals surface area contributed by atoms with Crippen molar-refractivity contribution in [1.82, 2.24) is 4.98 Å². The topological polar surface area (TPSA) is 63.6 Å². The lowest BCUT2D eigenvalue weighted by molar-refractivity contribution is 0.664. The van der Waals surface area contributed by atoms with Crippen LogP contribution in [0.2, 0.25) is 0 Å². The number of allylic oxidation sites excluding steroid dienone is 2. The Balaban J connectivity index is 1.81. The first-order chi connectivity index (χ1) is 12.7. The molecule has 3 rings (SSSR count). The summed E-state index contributed by atoms with van der Waals surface area (Å²) in [5.41, 5.74) is 11.1. The Morgan fingerprint density at radius 2 is 1.69 bits per heavy atom. The molecule has 132 valence electrons. The summed E-state index contributed by atoms with van der Waals surface area (Å²) >= 11 is 0. The minimum Gasteiger partial charge on any atom is -0.330 e. The Kier molecular flexibility index (Phi) is 5.87. The van der Waals surface area contributed by atoms with Crippen LogP contribution in [-0.2, 0) is 0 Å². The van der Waals surface area contributed by atoms with E-state index in [9.17, 15) is 0 Å². The van der Waals surface area contributed by atoms with E-state index in [2.05, 4.69) is 17.1 Å². The largest absolute Gasteiger partial charge is 0.330 e. The number of rotatable bonds is 5. The van der Waals surface area contributed by atoms with Crippen molar-refractivity contribution in [2.75, 3.05) is 6.54 Å². The molecule has 1 aromatic heterocycles. The van der Waals surface area contributed by atoms with E-state index in [0.29, 0.717) is 12.5 Å². The van der Waals surface area contributed by atoms with Crippen LogP contribution in [-0.4, -0.2) is 23.0 Å². The fourth-order valence-electron chi connectivity index (χ4n) is 2.75. The normalized spacial score (nSPS) is 18.0. The van der Waals surface area contributed by atoms with Gasteiger partial charge in [-0.2, -0.15) is 0 Å².